The highest BCUT2D eigenvalue weighted by Crippen LogP contribution is 2.20. The molecule has 1 heterocycles. The van der Waals surface area contributed by atoms with E-state index in [-0.39, 0.29) is 23.7 Å². The third kappa shape index (κ3) is 5.27. The lowest BCUT2D eigenvalue weighted by Gasteiger charge is -2.32. The van der Waals surface area contributed by atoms with Crippen LogP contribution in [0.3, 0.4) is 0 Å². The van der Waals surface area contributed by atoms with E-state index in [1.165, 1.54) is 12.1 Å². The molecule has 0 spiro atoms. The Hall–Kier alpha value is -2.59. The van der Waals surface area contributed by atoms with E-state index < -0.39 is 0 Å². The lowest BCUT2D eigenvalue weighted by atomic mass is 10.0. The topological polar surface area (TPSA) is 25.2 Å². The first-order valence-electron chi connectivity index (χ1n) is 9.80. The second kappa shape index (κ2) is 9.27. The van der Waals surface area contributed by atoms with Crippen molar-refractivity contribution in [3.05, 3.63) is 94.5 Å². The van der Waals surface area contributed by atoms with Gasteiger partial charge in [-0.25, -0.2) is 4.39 Å². The van der Waals surface area contributed by atoms with Gasteiger partial charge in [-0.05, 0) is 66.9 Å². The Morgan fingerprint density at radius 3 is 2.45 bits per heavy atom. The first-order chi connectivity index (χ1) is 13.8. The van der Waals surface area contributed by atoms with Crippen molar-refractivity contribution in [3.63, 3.8) is 0 Å². The Labute approximate surface area is 176 Å². The third-order valence-electron chi connectivity index (χ3n) is 5.31. The summed E-state index contributed by atoms with van der Waals surface area (Å²) in [5.41, 5.74) is 2.63. The first kappa shape index (κ1) is 21.1. The second-order valence-corrected chi connectivity index (χ2v) is 8.12. The second-order valence-electron chi connectivity index (χ2n) is 7.68. The van der Waals surface area contributed by atoms with Crippen LogP contribution in [0.5, 0.6) is 0 Å². The van der Waals surface area contributed by atoms with Crippen molar-refractivity contribution in [2.24, 2.45) is 5.92 Å². The molecule has 0 N–H and O–H groups in total. The standard InChI is InChI=1S/C24H26ClFN2O/c1-17(2)18(3)28(24(29)20-9-11-22(26)12-10-20)16-23-8-5-13-27(23)15-19-6-4-7-21(25)14-19/h4-14,17-18H,15-16H2,1-3H3. The molecule has 0 aliphatic heterocycles. The molecule has 0 bridgehead atoms. The molecule has 1 aromatic heterocycles. The van der Waals surface area contributed by atoms with Crippen molar-refractivity contribution in [2.75, 3.05) is 0 Å². The Bertz CT molecular complexity index is 965. The van der Waals surface area contributed by atoms with E-state index in [0.717, 1.165) is 11.3 Å². The highest BCUT2D eigenvalue weighted by atomic mass is 35.5. The van der Waals surface area contributed by atoms with Crippen molar-refractivity contribution in [2.45, 2.75) is 39.9 Å². The summed E-state index contributed by atoms with van der Waals surface area (Å²) < 4.78 is 15.4. The van der Waals surface area contributed by atoms with Crippen LogP contribution in [-0.4, -0.2) is 21.4 Å². The molecule has 152 valence electrons. The van der Waals surface area contributed by atoms with Crippen LogP contribution in [0, 0.1) is 11.7 Å². The Kier molecular flexibility index (Phi) is 6.75. The molecule has 2 aromatic carbocycles. The van der Waals surface area contributed by atoms with Gasteiger partial charge in [-0.15, -0.1) is 0 Å². The fourth-order valence-corrected chi connectivity index (χ4v) is 3.49. The van der Waals surface area contributed by atoms with Crippen molar-refractivity contribution >= 4 is 17.5 Å². The summed E-state index contributed by atoms with van der Waals surface area (Å²) in [5.74, 6) is -0.155. The molecule has 5 heteroatoms. The average molecular weight is 413 g/mol. The number of amides is 1. The van der Waals surface area contributed by atoms with Gasteiger partial charge in [0.1, 0.15) is 5.82 Å². The number of hydrogen-bond donors (Lipinski definition) is 0. The molecule has 3 rings (SSSR count). The van der Waals surface area contributed by atoms with Crippen molar-refractivity contribution in [3.8, 4) is 0 Å². The van der Waals surface area contributed by atoms with Crippen LogP contribution in [0.25, 0.3) is 0 Å². The molecular formula is C24H26ClFN2O. The van der Waals surface area contributed by atoms with Gasteiger partial charge in [-0.3, -0.25) is 4.79 Å². The van der Waals surface area contributed by atoms with Crippen molar-refractivity contribution in [1.82, 2.24) is 9.47 Å². The van der Waals surface area contributed by atoms with E-state index in [9.17, 15) is 9.18 Å². The molecule has 0 saturated heterocycles. The fraction of sp³-hybridized carbons (Fsp3) is 0.292. The molecule has 0 aliphatic rings. The van der Waals surface area contributed by atoms with Gasteiger partial charge in [0.2, 0.25) is 0 Å². The van der Waals surface area contributed by atoms with Crippen LogP contribution in [0.15, 0.2) is 66.9 Å². The van der Waals surface area contributed by atoms with Crippen LogP contribution in [0.2, 0.25) is 5.02 Å². The molecule has 0 saturated carbocycles. The molecular weight excluding hydrogens is 387 g/mol. The minimum Gasteiger partial charge on any atom is -0.345 e. The van der Waals surface area contributed by atoms with Gasteiger partial charge in [0.05, 0.1) is 6.54 Å². The predicted octanol–water partition coefficient (Wildman–Crippen LogP) is 6.02. The number of halogens is 2. The van der Waals surface area contributed by atoms with Gasteiger partial charge in [0.15, 0.2) is 0 Å². The van der Waals surface area contributed by atoms with E-state index >= 15 is 0 Å². The Morgan fingerprint density at radius 1 is 1.07 bits per heavy atom. The summed E-state index contributed by atoms with van der Waals surface area (Å²) in [6.45, 7) is 7.40. The van der Waals surface area contributed by atoms with Gasteiger partial charge in [-0.2, -0.15) is 0 Å². The van der Waals surface area contributed by atoms with Crippen molar-refractivity contribution < 1.29 is 9.18 Å². The molecule has 0 fully saturated rings. The van der Waals surface area contributed by atoms with Crippen LogP contribution in [0.1, 0.15) is 42.4 Å². The zero-order valence-corrected chi connectivity index (χ0v) is 17.7. The number of carbonyl (C=O) groups is 1. The molecule has 1 unspecified atom stereocenters. The van der Waals surface area contributed by atoms with E-state index in [1.54, 1.807) is 12.1 Å². The van der Waals surface area contributed by atoms with E-state index in [2.05, 4.69) is 25.3 Å². The highest BCUT2D eigenvalue weighted by molar-refractivity contribution is 6.30. The molecule has 1 atom stereocenters. The van der Waals surface area contributed by atoms with E-state index in [0.29, 0.717) is 23.7 Å². The Balaban J connectivity index is 1.86. The predicted molar refractivity (Wildman–Crippen MR) is 116 cm³/mol. The first-order valence-corrected chi connectivity index (χ1v) is 10.2. The number of benzene rings is 2. The quantitative estimate of drug-likeness (QED) is 0.466. The van der Waals surface area contributed by atoms with Gasteiger partial charge >= 0.3 is 0 Å². The fourth-order valence-electron chi connectivity index (χ4n) is 3.27. The number of nitrogens with zero attached hydrogens (tertiary/aromatic N) is 2. The zero-order valence-electron chi connectivity index (χ0n) is 17.0. The van der Waals surface area contributed by atoms with E-state index in [4.69, 9.17) is 11.6 Å². The van der Waals surface area contributed by atoms with Crippen LogP contribution < -0.4 is 0 Å². The summed E-state index contributed by atoms with van der Waals surface area (Å²) in [7, 11) is 0. The lowest BCUT2D eigenvalue weighted by molar-refractivity contribution is 0.0622. The maximum Gasteiger partial charge on any atom is 0.254 e. The largest absolute Gasteiger partial charge is 0.345 e. The van der Waals surface area contributed by atoms with Crippen LogP contribution in [-0.2, 0) is 13.1 Å². The molecule has 3 aromatic rings. The van der Waals surface area contributed by atoms with Crippen LogP contribution >= 0.6 is 11.6 Å². The summed E-state index contributed by atoms with van der Waals surface area (Å²) in [6, 6.07) is 17.6. The average Bonchev–Trinajstić information content (AvgIpc) is 3.12. The summed E-state index contributed by atoms with van der Waals surface area (Å²) >= 11 is 6.12. The number of rotatable bonds is 7. The number of carbonyl (C=O) groups excluding carboxylic acids is 1. The van der Waals surface area contributed by atoms with Crippen LogP contribution in [0.4, 0.5) is 4.39 Å². The van der Waals surface area contributed by atoms with E-state index in [1.807, 2.05) is 47.5 Å². The summed E-state index contributed by atoms with van der Waals surface area (Å²) in [5, 5.41) is 0.706. The maximum atomic E-state index is 13.3. The van der Waals surface area contributed by atoms with Gasteiger partial charge < -0.3 is 9.47 Å². The Morgan fingerprint density at radius 2 is 1.79 bits per heavy atom. The highest BCUT2D eigenvalue weighted by Gasteiger charge is 2.25. The lowest BCUT2D eigenvalue weighted by Crippen LogP contribution is -2.41. The number of aromatic nitrogens is 1. The number of hydrogen-bond acceptors (Lipinski definition) is 1. The summed E-state index contributed by atoms with van der Waals surface area (Å²) in [4.78, 5) is 15.1. The third-order valence-corrected chi connectivity index (χ3v) is 5.54. The molecule has 3 nitrogen and oxygen atoms in total. The summed E-state index contributed by atoms with van der Waals surface area (Å²) in [6.07, 6.45) is 2.01. The molecule has 0 radical (unpaired) electrons. The minimum atomic E-state index is -0.347. The maximum absolute atomic E-state index is 13.3. The molecule has 29 heavy (non-hydrogen) atoms. The normalized spacial score (nSPS) is 12.2. The monoisotopic (exact) mass is 412 g/mol. The van der Waals surface area contributed by atoms with Gasteiger partial charge in [-0.1, -0.05) is 37.6 Å². The van der Waals surface area contributed by atoms with Gasteiger partial charge in [0.25, 0.3) is 5.91 Å². The minimum absolute atomic E-state index is 0.0297. The smallest absolute Gasteiger partial charge is 0.254 e. The molecule has 1 amide bonds. The zero-order chi connectivity index (χ0) is 21.0. The van der Waals surface area contributed by atoms with Crippen molar-refractivity contribution in [1.29, 1.82) is 0 Å². The van der Waals surface area contributed by atoms with Gasteiger partial charge in [0, 0.05) is 35.1 Å². The SMILES string of the molecule is CC(C)C(C)N(Cc1cccn1Cc1cccc(Cl)c1)C(=O)c1ccc(F)cc1. The molecule has 0 aliphatic carbocycles.